The number of carbonyl (C=O) groups excluding carboxylic acids is 1. The summed E-state index contributed by atoms with van der Waals surface area (Å²) in [6.45, 7) is 0. The fraction of sp³-hybridized carbons (Fsp3) is 0.200. The number of methoxy groups -OCH3 is 1. The zero-order valence-corrected chi connectivity index (χ0v) is 8.51. The number of amides is 1. The Morgan fingerprint density at radius 3 is 2.31 bits per heavy atom. The number of rotatable bonds is 4. The number of carbonyl (C=O) groups is 2. The Balaban J connectivity index is 2.69. The second kappa shape index (κ2) is 5.13. The molecule has 0 spiro atoms. The largest absolute Gasteiger partial charge is 0.497 e. The third-order valence-electron chi connectivity index (χ3n) is 1.85. The van der Waals surface area contributed by atoms with Gasteiger partial charge in [0.05, 0.1) is 7.11 Å². The lowest BCUT2D eigenvalue weighted by atomic mass is 10.2. The molecule has 0 aliphatic carbocycles. The molecular weight excluding hydrogens is 214 g/mol. The molecule has 1 rings (SSSR count). The number of hydrogen-bond acceptors (Lipinski definition) is 4. The van der Waals surface area contributed by atoms with E-state index in [0.717, 1.165) is 0 Å². The van der Waals surface area contributed by atoms with E-state index in [1.165, 1.54) is 19.2 Å². The molecule has 0 radical (unpaired) electrons. The van der Waals surface area contributed by atoms with E-state index in [1.54, 1.807) is 12.1 Å². The van der Waals surface area contributed by atoms with Gasteiger partial charge in [-0.1, -0.05) is 0 Å². The Bertz CT molecular complexity index is 387. The van der Waals surface area contributed by atoms with E-state index in [1.807, 2.05) is 5.32 Å². The molecule has 16 heavy (non-hydrogen) atoms. The number of carboxylic acids is 1. The van der Waals surface area contributed by atoms with Crippen molar-refractivity contribution >= 4 is 11.9 Å². The summed E-state index contributed by atoms with van der Waals surface area (Å²) in [6.07, 6.45) is -1.91. The molecule has 1 aromatic rings. The number of benzene rings is 1. The zero-order valence-electron chi connectivity index (χ0n) is 8.51. The minimum atomic E-state index is -1.91. The second-order valence-corrected chi connectivity index (χ2v) is 2.94. The van der Waals surface area contributed by atoms with Gasteiger partial charge >= 0.3 is 5.97 Å². The maximum atomic E-state index is 11.4. The second-order valence-electron chi connectivity index (χ2n) is 2.94. The molecular formula is C10H11NO5. The third-order valence-corrected chi connectivity index (χ3v) is 1.85. The molecule has 0 aliphatic heterocycles. The van der Waals surface area contributed by atoms with Crippen LogP contribution in [0.3, 0.4) is 0 Å². The average molecular weight is 225 g/mol. The molecule has 0 saturated heterocycles. The monoisotopic (exact) mass is 225 g/mol. The summed E-state index contributed by atoms with van der Waals surface area (Å²) in [5.74, 6) is -1.60. The van der Waals surface area contributed by atoms with Crippen molar-refractivity contribution in [2.24, 2.45) is 0 Å². The van der Waals surface area contributed by atoms with Gasteiger partial charge in [-0.15, -0.1) is 0 Å². The van der Waals surface area contributed by atoms with Crippen molar-refractivity contribution in [2.45, 2.75) is 6.23 Å². The Kier molecular flexibility index (Phi) is 3.84. The molecule has 0 aromatic heterocycles. The van der Waals surface area contributed by atoms with E-state index in [-0.39, 0.29) is 5.56 Å². The summed E-state index contributed by atoms with van der Waals surface area (Å²) in [6, 6.07) is 6.04. The summed E-state index contributed by atoms with van der Waals surface area (Å²) in [5, 5.41) is 19.2. The number of aliphatic hydroxyl groups is 1. The summed E-state index contributed by atoms with van der Waals surface area (Å²) in [5.41, 5.74) is 0.237. The molecule has 3 N–H and O–H groups in total. The minimum absolute atomic E-state index is 0.237. The fourth-order valence-corrected chi connectivity index (χ4v) is 1.01. The first-order valence-electron chi connectivity index (χ1n) is 4.40. The van der Waals surface area contributed by atoms with E-state index >= 15 is 0 Å². The SMILES string of the molecule is COc1ccc(C(=O)N[C@H](O)C(=O)O)cc1. The van der Waals surface area contributed by atoms with Gasteiger partial charge in [-0.3, -0.25) is 4.79 Å². The van der Waals surface area contributed by atoms with Crippen LogP contribution in [0.15, 0.2) is 24.3 Å². The molecule has 6 nitrogen and oxygen atoms in total. The van der Waals surface area contributed by atoms with Crippen LogP contribution in [0, 0.1) is 0 Å². The van der Waals surface area contributed by atoms with Crippen molar-refractivity contribution in [1.82, 2.24) is 5.32 Å². The van der Waals surface area contributed by atoms with Gasteiger partial charge in [-0.25, -0.2) is 4.79 Å². The minimum Gasteiger partial charge on any atom is -0.497 e. The molecule has 0 fully saturated rings. The Hall–Kier alpha value is -2.08. The summed E-state index contributed by atoms with van der Waals surface area (Å²) < 4.78 is 4.89. The third kappa shape index (κ3) is 2.96. The van der Waals surface area contributed by atoms with E-state index in [9.17, 15) is 9.59 Å². The molecule has 86 valence electrons. The first-order valence-corrected chi connectivity index (χ1v) is 4.40. The predicted octanol–water partition coefficient (Wildman–Crippen LogP) is -0.172. The van der Waals surface area contributed by atoms with E-state index in [2.05, 4.69) is 0 Å². The number of carboxylic acid groups (broad SMARTS) is 1. The Morgan fingerprint density at radius 2 is 1.88 bits per heavy atom. The number of hydrogen-bond donors (Lipinski definition) is 3. The normalized spacial score (nSPS) is 11.6. The Morgan fingerprint density at radius 1 is 1.31 bits per heavy atom. The van der Waals surface area contributed by atoms with Gasteiger partial charge in [0.25, 0.3) is 5.91 Å². The van der Waals surface area contributed by atoms with Gasteiger partial charge in [0.1, 0.15) is 5.75 Å². The van der Waals surface area contributed by atoms with E-state index in [0.29, 0.717) is 5.75 Å². The van der Waals surface area contributed by atoms with Crippen LogP contribution < -0.4 is 10.1 Å². The molecule has 0 aliphatic rings. The standard InChI is InChI=1S/C10H11NO5/c1-16-7-4-2-6(3-5-7)8(12)11-9(13)10(14)15/h2-5,9,13H,1H3,(H,11,12)(H,14,15)/t9-/m1/s1. The summed E-state index contributed by atoms with van der Waals surface area (Å²) in [7, 11) is 1.49. The number of nitrogens with one attached hydrogen (secondary N) is 1. The van der Waals surface area contributed by atoms with Crippen LogP contribution in [0.2, 0.25) is 0 Å². The van der Waals surface area contributed by atoms with Crippen molar-refractivity contribution in [3.05, 3.63) is 29.8 Å². The lowest BCUT2D eigenvalue weighted by molar-refractivity contribution is -0.147. The quantitative estimate of drug-likeness (QED) is 0.618. The molecule has 1 aromatic carbocycles. The van der Waals surface area contributed by atoms with Gasteiger partial charge in [-0.05, 0) is 24.3 Å². The van der Waals surface area contributed by atoms with Crippen molar-refractivity contribution in [3.8, 4) is 5.75 Å². The van der Waals surface area contributed by atoms with Crippen molar-refractivity contribution < 1.29 is 24.5 Å². The maximum absolute atomic E-state index is 11.4. The van der Waals surface area contributed by atoms with Crippen LogP contribution in [0.4, 0.5) is 0 Å². The fourth-order valence-electron chi connectivity index (χ4n) is 1.01. The first-order chi connectivity index (χ1) is 7.54. The van der Waals surface area contributed by atoms with Crippen molar-refractivity contribution in [2.75, 3.05) is 7.11 Å². The molecule has 0 bridgehead atoms. The van der Waals surface area contributed by atoms with Gasteiger partial charge in [-0.2, -0.15) is 0 Å². The van der Waals surface area contributed by atoms with Gasteiger partial charge in [0, 0.05) is 5.56 Å². The van der Waals surface area contributed by atoms with E-state index < -0.39 is 18.1 Å². The first kappa shape index (κ1) is 12.0. The van der Waals surface area contributed by atoms with Gasteiger partial charge in [0.2, 0.25) is 6.23 Å². The highest BCUT2D eigenvalue weighted by Gasteiger charge is 2.16. The van der Waals surface area contributed by atoms with Crippen LogP contribution in [0.1, 0.15) is 10.4 Å². The highest BCUT2D eigenvalue weighted by molar-refractivity contribution is 5.96. The molecule has 1 atom stereocenters. The number of aliphatic carboxylic acids is 1. The molecule has 1 amide bonds. The lowest BCUT2D eigenvalue weighted by Crippen LogP contribution is -2.40. The van der Waals surface area contributed by atoms with Crippen LogP contribution in [-0.2, 0) is 4.79 Å². The van der Waals surface area contributed by atoms with Crippen LogP contribution >= 0.6 is 0 Å². The number of ether oxygens (including phenoxy) is 1. The highest BCUT2D eigenvalue weighted by atomic mass is 16.5. The molecule has 0 saturated carbocycles. The molecule has 0 unspecified atom stereocenters. The predicted molar refractivity (Wildman–Crippen MR) is 54.1 cm³/mol. The topological polar surface area (TPSA) is 95.9 Å². The summed E-state index contributed by atoms with van der Waals surface area (Å²) >= 11 is 0. The highest BCUT2D eigenvalue weighted by Crippen LogP contribution is 2.11. The van der Waals surface area contributed by atoms with E-state index in [4.69, 9.17) is 14.9 Å². The number of aliphatic hydroxyl groups excluding tert-OH is 1. The average Bonchev–Trinajstić information content (AvgIpc) is 2.28. The maximum Gasteiger partial charge on any atom is 0.353 e. The van der Waals surface area contributed by atoms with Crippen LogP contribution in [-0.4, -0.2) is 35.4 Å². The smallest absolute Gasteiger partial charge is 0.353 e. The van der Waals surface area contributed by atoms with Crippen LogP contribution in [0.5, 0.6) is 5.75 Å². The van der Waals surface area contributed by atoms with Crippen molar-refractivity contribution in [1.29, 1.82) is 0 Å². The van der Waals surface area contributed by atoms with Gasteiger partial charge < -0.3 is 20.3 Å². The van der Waals surface area contributed by atoms with Gasteiger partial charge in [0.15, 0.2) is 0 Å². The summed E-state index contributed by atoms with van der Waals surface area (Å²) in [4.78, 5) is 21.7. The zero-order chi connectivity index (χ0) is 12.1. The molecule has 6 heteroatoms. The van der Waals surface area contributed by atoms with Crippen molar-refractivity contribution in [3.63, 3.8) is 0 Å². The van der Waals surface area contributed by atoms with Crippen LogP contribution in [0.25, 0.3) is 0 Å². The Labute approximate surface area is 91.5 Å². The molecule has 0 heterocycles. The lowest BCUT2D eigenvalue weighted by Gasteiger charge is -2.08.